The van der Waals surface area contributed by atoms with Gasteiger partial charge in [0, 0.05) is 57.2 Å². The molecule has 0 radical (unpaired) electrons. The minimum atomic E-state index is 0.349. The third kappa shape index (κ3) is 3.93. The first kappa shape index (κ1) is 16.7. The molecule has 0 saturated heterocycles. The summed E-state index contributed by atoms with van der Waals surface area (Å²) in [4.78, 5) is 6.95. The van der Waals surface area contributed by atoms with Gasteiger partial charge in [-0.15, -0.1) is 0 Å². The lowest BCUT2D eigenvalue weighted by atomic mass is 9.97. The maximum absolute atomic E-state index is 5.49. The van der Waals surface area contributed by atoms with Crippen LogP contribution in [0.25, 0.3) is 0 Å². The van der Waals surface area contributed by atoms with Crippen molar-refractivity contribution in [2.45, 2.75) is 51.2 Å². The molecule has 134 valence electrons. The molecular formula is C20H28N4O. The molecule has 1 aliphatic carbocycles. The van der Waals surface area contributed by atoms with Gasteiger partial charge in [-0.05, 0) is 30.9 Å². The minimum Gasteiger partial charge on any atom is -0.384 e. The first-order valence-corrected chi connectivity index (χ1v) is 9.49. The second-order valence-corrected chi connectivity index (χ2v) is 7.56. The summed E-state index contributed by atoms with van der Waals surface area (Å²) in [5.41, 5.74) is 3.74. The molecule has 0 spiro atoms. The third-order valence-corrected chi connectivity index (χ3v) is 5.53. The zero-order valence-electron chi connectivity index (χ0n) is 15.1. The Kier molecular flexibility index (Phi) is 5.13. The Labute approximate surface area is 150 Å². The average Bonchev–Trinajstić information content (AvgIpc) is 3.26. The molecule has 2 aromatic heterocycles. The first-order valence-electron chi connectivity index (χ1n) is 9.49. The molecule has 0 amide bonds. The van der Waals surface area contributed by atoms with Crippen molar-refractivity contribution in [1.82, 2.24) is 19.7 Å². The Morgan fingerprint density at radius 1 is 1.24 bits per heavy atom. The fourth-order valence-corrected chi connectivity index (χ4v) is 4.37. The highest BCUT2D eigenvalue weighted by atomic mass is 16.5. The van der Waals surface area contributed by atoms with Crippen LogP contribution in [-0.2, 0) is 24.4 Å². The number of nitrogens with zero attached hydrogens (tertiary/aromatic N) is 4. The topological polar surface area (TPSA) is 43.2 Å². The smallest absolute Gasteiger partial charge is 0.0736 e. The van der Waals surface area contributed by atoms with Gasteiger partial charge in [0.05, 0.1) is 18.0 Å². The molecule has 0 unspecified atom stereocenters. The van der Waals surface area contributed by atoms with Crippen molar-refractivity contribution < 1.29 is 4.74 Å². The fourth-order valence-electron chi connectivity index (χ4n) is 4.37. The number of fused-ring (bicyclic) bond motifs is 1. The van der Waals surface area contributed by atoms with Gasteiger partial charge in [-0.2, -0.15) is 5.10 Å². The highest BCUT2D eigenvalue weighted by Gasteiger charge is 2.29. The fraction of sp³-hybridized carbons (Fsp3) is 0.600. The van der Waals surface area contributed by atoms with Crippen LogP contribution < -0.4 is 0 Å². The van der Waals surface area contributed by atoms with Gasteiger partial charge in [-0.1, -0.05) is 18.9 Å². The summed E-state index contributed by atoms with van der Waals surface area (Å²) in [6.07, 6.45) is 9.64. The molecule has 1 fully saturated rings. The molecule has 0 bridgehead atoms. The molecular weight excluding hydrogens is 312 g/mol. The van der Waals surface area contributed by atoms with Crippen LogP contribution in [0.3, 0.4) is 0 Å². The van der Waals surface area contributed by atoms with Crippen molar-refractivity contribution in [3.8, 4) is 0 Å². The number of rotatable bonds is 6. The van der Waals surface area contributed by atoms with Gasteiger partial charge >= 0.3 is 0 Å². The monoisotopic (exact) mass is 340 g/mol. The molecule has 1 atom stereocenters. The molecule has 0 N–H and O–H groups in total. The number of pyridine rings is 1. The van der Waals surface area contributed by atoms with Gasteiger partial charge in [-0.3, -0.25) is 14.6 Å². The van der Waals surface area contributed by atoms with E-state index in [2.05, 4.69) is 32.9 Å². The minimum absolute atomic E-state index is 0.349. The van der Waals surface area contributed by atoms with Crippen molar-refractivity contribution in [3.05, 3.63) is 47.5 Å². The lowest BCUT2D eigenvalue weighted by Gasteiger charge is -2.31. The van der Waals surface area contributed by atoms with Crippen LogP contribution in [0.5, 0.6) is 0 Å². The Hall–Kier alpha value is -1.72. The summed E-state index contributed by atoms with van der Waals surface area (Å²) in [5.74, 6) is 1.16. The van der Waals surface area contributed by atoms with Crippen LogP contribution in [0.15, 0.2) is 30.6 Å². The lowest BCUT2D eigenvalue weighted by molar-refractivity contribution is 0.134. The third-order valence-electron chi connectivity index (χ3n) is 5.53. The SMILES string of the molecule is COC[C@H]1CN(Cc2ccccn2)Cc2cn(CC3CCCC3)nc21. The highest BCUT2D eigenvalue weighted by molar-refractivity contribution is 5.25. The maximum Gasteiger partial charge on any atom is 0.0736 e. The molecule has 1 saturated carbocycles. The van der Waals surface area contributed by atoms with Gasteiger partial charge in [0.1, 0.15) is 0 Å². The Bertz CT molecular complexity index is 678. The second-order valence-electron chi connectivity index (χ2n) is 7.56. The summed E-state index contributed by atoms with van der Waals surface area (Å²) < 4.78 is 7.69. The van der Waals surface area contributed by atoms with E-state index in [1.807, 2.05) is 12.3 Å². The van der Waals surface area contributed by atoms with Crippen molar-refractivity contribution in [3.63, 3.8) is 0 Å². The number of aromatic nitrogens is 3. The van der Waals surface area contributed by atoms with Crippen molar-refractivity contribution in [2.24, 2.45) is 5.92 Å². The van der Waals surface area contributed by atoms with Gasteiger partial charge in [-0.25, -0.2) is 0 Å². The number of hydrogen-bond donors (Lipinski definition) is 0. The van der Waals surface area contributed by atoms with Crippen LogP contribution in [0.1, 0.15) is 48.6 Å². The van der Waals surface area contributed by atoms with E-state index >= 15 is 0 Å². The van der Waals surface area contributed by atoms with Crippen molar-refractivity contribution in [1.29, 1.82) is 0 Å². The van der Waals surface area contributed by atoms with Crippen LogP contribution in [-0.4, -0.2) is 39.9 Å². The summed E-state index contributed by atoms with van der Waals surface area (Å²) in [5, 5.41) is 4.95. The quantitative estimate of drug-likeness (QED) is 0.810. The van der Waals surface area contributed by atoms with E-state index in [1.54, 1.807) is 7.11 Å². The number of hydrogen-bond acceptors (Lipinski definition) is 4. The Morgan fingerprint density at radius 3 is 2.88 bits per heavy atom. The van der Waals surface area contributed by atoms with Crippen molar-refractivity contribution >= 4 is 0 Å². The van der Waals surface area contributed by atoms with Crippen LogP contribution >= 0.6 is 0 Å². The van der Waals surface area contributed by atoms with E-state index in [4.69, 9.17) is 9.84 Å². The van der Waals surface area contributed by atoms with E-state index in [9.17, 15) is 0 Å². The van der Waals surface area contributed by atoms with Gasteiger partial charge in [0.25, 0.3) is 0 Å². The summed E-state index contributed by atoms with van der Waals surface area (Å²) in [6, 6.07) is 6.13. The Balaban J connectivity index is 1.50. The molecule has 3 heterocycles. The van der Waals surface area contributed by atoms with Gasteiger partial charge in [0.2, 0.25) is 0 Å². The molecule has 5 nitrogen and oxygen atoms in total. The van der Waals surface area contributed by atoms with Crippen molar-refractivity contribution in [2.75, 3.05) is 20.3 Å². The average molecular weight is 340 g/mol. The summed E-state index contributed by atoms with van der Waals surface area (Å²) in [6.45, 7) is 4.63. The molecule has 2 aromatic rings. The standard InChI is InChI=1S/C20H28N4O/c1-25-15-18-12-23(14-19-8-4-5-9-21-19)11-17-13-24(22-20(17)18)10-16-6-2-3-7-16/h4-5,8-9,13,16,18H,2-3,6-7,10-12,14-15H2,1H3/t18-/m1/s1. The zero-order valence-corrected chi connectivity index (χ0v) is 15.1. The number of ether oxygens (including phenoxy) is 1. The summed E-state index contributed by atoms with van der Waals surface area (Å²) >= 11 is 0. The highest BCUT2D eigenvalue weighted by Crippen LogP contribution is 2.30. The van der Waals surface area contributed by atoms with E-state index in [0.717, 1.165) is 44.4 Å². The normalized spacial score (nSPS) is 21.6. The molecule has 25 heavy (non-hydrogen) atoms. The predicted octanol–water partition coefficient (Wildman–Crippen LogP) is 3.21. The largest absolute Gasteiger partial charge is 0.384 e. The molecule has 1 aliphatic heterocycles. The van der Waals surface area contributed by atoms with Crippen LogP contribution in [0.4, 0.5) is 0 Å². The van der Waals surface area contributed by atoms with Crippen LogP contribution in [0, 0.1) is 5.92 Å². The Morgan fingerprint density at radius 2 is 2.12 bits per heavy atom. The van der Waals surface area contributed by atoms with Gasteiger partial charge in [0.15, 0.2) is 0 Å². The first-order chi connectivity index (χ1) is 12.3. The molecule has 5 heteroatoms. The summed E-state index contributed by atoms with van der Waals surface area (Å²) in [7, 11) is 1.78. The van der Waals surface area contributed by atoms with E-state index in [1.165, 1.54) is 36.9 Å². The maximum atomic E-state index is 5.49. The zero-order chi connectivity index (χ0) is 17.1. The van der Waals surface area contributed by atoms with Gasteiger partial charge < -0.3 is 4.74 Å². The van der Waals surface area contributed by atoms with E-state index in [0.29, 0.717) is 5.92 Å². The van der Waals surface area contributed by atoms with E-state index < -0.39 is 0 Å². The number of methoxy groups -OCH3 is 1. The molecule has 4 rings (SSSR count). The molecule has 0 aromatic carbocycles. The lowest BCUT2D eigenvalue weighted by Crippen LogP contribution is -2.34. The molecule has 2 aliphatic rings. The second kappa shape index (κ2) is 7.67. The predicted molar refractivity (Wildman–Crippen MR) is 97.2 cm³/mol. The van der Waals surface area contributed by atoms with Crippen LogP contribution in [0.2, 0.25) is 0 Å². The van der Waals surface area contributed by atoms with E-state index in [-0.39, 0.29) is 0 Å².